The summed E-state index contributed by atoms with van der Waals surface area (Å²) in [5.41, 5.74) is 3.38. The molecule has 4 nitrogen and oxygen atoms in total. The van der Waals surface area contributed by atoms with Gasteiger partial charge in [0, 0.05) is 5.56 Å². The Bertz CT molecular complexity index is 354. The average molecular weight is 234 g/mol. The summed E-state index contributed by atoms with van der Waals surface area (Å²) in [6.45, 7) is 0. The lowest BCUT2D eigenvalue weighted by molar-refractivity contribution is -0.215. The topological polar surface area (TPSA) is 61.4 Å². The van der Waals surface area contributed by atoms with Crippen LogP contribution in [0.4, 0.5) is 13.2 Å². The molecule has 0 bridgehead atoms. The molecule has 0 aromatic heterocycles. The minimum absolute atomic E-state index is 0.185. The molecule has 88 valence electrons. The smallest absolute Gasteiger partial charge is 0.369 e. The number of hydrogen-bond acceptors (Lipinski definition) is 3. The van der Waals surface area contributed by atoms with E-state index < -0.39 is 18.3 Å². The molecule has 0 aliphatic rings. The summed E-state index contributed by atoms with van der Waals surface area (Å²) < 4.78 is 35.5. The molecule has 1 unspecified atom stereocenters. The average Bonchev–Trinajstić information content (AvgIpc) is 2.25. The van der Waals surface area contributed by atoms with Crippen molar-refractivity contribution in [2.24, 2.45) is 0 Å². The molecule has 0 aliphatic heterocycles. The van der Waals surface area contributed by atoms with E-state index in [-0.39, 0.29) is 5.56 Å². The summed E-state index contributed by atoms with van der Waals surface area (Å²) in [5.74, 6) is -0.760. The lowest BCUT2D eigenvalue weighted by Gasteiger charge is -2.16. The van der Waals surface area contributed by atoms with Crippen molar-refractivity contribution >= 4 is 5.91 Å². The number of alkyl halides is 3. The van der Waals surface area contributed by atoms with Crippen LogP contribution >= 0.6 is 0 Å². The van der Waals surface area contributed by atoms with Crippen LogP contribution in [-0.2, 0) is 0 Å². The highest BCUT2D eigenvalue weighted by Gasteiger charge is 2.38. The van der Waals surface area contributed by atoms with Crippen molar-refractivity contribution in [2.75, 3.05) is 0 Å². The molecule has 16 heavy (non-hydrogen) atoms. The van der Waals surface area contributed by atoms with Gasteiger partial charge in [-0.25, -0.2) is 0 Å². The van der Waals surface area contributed by atoms with Crippen LogP contribution in [0.2, 0.25) is 0 Å². The minimum Gasteiger partial charge on any atom is -0.369 e. The zero-order chi connectivity index (χ0) is 12.2. The van der Waals surface area contributed by atoms with E-state index in [1.54, 1.807) is 23.6 Å². The Hall–Kier alpha value is -1.60. The van der Waals surface area contributed by atoms with E-state index in [0.29, 0.717) is 0 Å². The number of nitrogens with one attached hydrogen (secondary N) is 2. The lowest BCUT2D eigenvalue weighted by atomic mass is 10.2. The molecule has 1 rings (SSSR count). The van der Waals surface area contributed by atoms with Gasteiger partial charge in [-0.3, -0.25) is 10.2 Å². The van der Waals surface area contributed by atoms with E-state index in [2.05, 4.69) is 0 Å². The molecule has 3 N–H and O–H groups in total. The highest BCUT2D eigenvalue weighted by Crippen LogP contribution is 2.17. The van der Waals surface area contributed by atoms with Gasteiger partial charge in [-0.2, -0.15) is 18.6 Å². The van der Waals surface area contributed by atoms with Gasteiger partial charge in [0.25, 0.3) is 5.91 Å². The van der Waals surface area contributed by atoms with Crippen molar-refractivity contribution in [2.45, 2.75) is 12.4 Å². The fourth-order valence-electron chi connectivity index (χ4n) is 0.877. The highest BCUT2D eigenvalue weighted by atomic mass is 19.4. The maximum absolute atomic E-state index is 11.8. The van der Waals surface area contributed by atoms with Crippen molar-refractivity contribution in [1.29, 1.82) is 0 Å². The molecule has 1 aromatic rings. The van der Waals surface area contributed by atoms with Gasteiger partial charge in [0.1, 0.15) is 0 Å². The number of carbonyl (C=O) groups is 1. The Labute approximate surface area is 89.0 Å². The number of aliphatic hydroxyl groups excluding tert-OH is 1. The molecule has 7 heteroatoms. The van der Waals surface area contributed by atoms with Crippen LogP contribution in [0.1, 0.15) is 10.4 Å². The van der Waals surface area contributed by atoms with Gasteiger partial charge in [-0.15, -0.1) is 0 Å². The first-order chi connectivity index (χ1) is 7.41. The lowest BCUT2D eigenvalue weighted by Crippen LogP contribution is -2.51. The minimum atomic E-state index is -4.83. The summed E-state index contributed by atoms with van der Waals surface area (Å²) in [5, 5.41) is 8.53. The summed E-state index contributed by atoms with van der Waals surface area (Å²) in [4.78, 5) is 11.2. The summed E-state index contributed by atoms with van der Waals surface area (Å²) in [6, 6.07) is 7.65. The number of aliphatic hydroxyl groups is 1. The first-order valence-corrected chi connectivity index (χ1v) is 4.27. The Balaban J connectivity index is 2.48. The van der Waals surface area contributed by atoms with Crippen LogP contribution in [0.25, 0.3) is 0 Å². The first kappa shape index (κ1) is 12.5. The van der Waals surface area contributed by atoms with Crippen LogP contribution in [0, 0.1) is 0 Å². The van der Waals surface area contributed by atoms with Crippen molar-refractivity contribution in [3.63, 3.8) is 0 Å². The zero-order valence-electron chi connectivity index (χ0n) is 7.95. The molecule has 1 atom stereocenters. The standard InChI is InChI=1S/C9H9F3N2O2/c10-9(11,12)8(16)14-13-7(15)6-4-2-1-3-5-6/h1-5,8,14,16H,(H,13,15). The van der Waals surface area contributed by atoms with Gasteiger partial charge >= 0.3 is 6.18 Å². The van der Waals surface area contributed by atoms with Crippen LogP contribution in [0.5, 0.6) is 0 Å². The Morgan fingerprint density at radius 3 is 2.31 bits per heavy atom. The molecule has 0 heterocycles. The predicted octanol–water partition coefficient (Wildman–Crippen LogP) is 0.802. The molecule has 0 radical (unpaired) electrons. The predicted molar refractivity (Wildman–Crippen MR) is 49.1 cm³/mol. The molecule has 0 saturated heterocycles. The summed E-state index contributed by atoms with van der Waals surface area (Å²) >= 11 is 0. The van der Waals surface area contributed by atoms with E-state index in [0.717, 1.165) is 0 Å². The Morgan fingerprint density at radius 1 is 1.25 bits per heavy atom. The van der Waals surface area contributed by atoms with Gasteiger partial charge in [0.2, 0.25) is 6.23 Å². The van der Waals surface area contributed by atoms with Crippen molar-refractivity contribution < 1.29 is 23.1 Å². The van der Waals surface area contributed by atoms with Crippen molar-refractivity contribution in [3.8, 4) is 0 Å². The second-order valence-electron chi connectivity index (χ2n) is 2.91. The zero-order valence-corrected chi connectivity index (χ0v) is 7.95. The second-order valence-corrected chi connectivity index (χ2v) is 2.91. The SMILES string of the molecule is O=C(NNC(O)C(F)(F)F)c1ccccc1. The van der Waals surface area contributed by atoms with Gasteiger partial charge in [0.15, 0.2) is 0 Å². The van der Waals surface area contributed by atoms with Gasteiger partial charge in [0.05, 0.1) is 0 Å². The largest absolute Gasteiger partial charge is 0.429 e. The molecule has 0 aliphatic carbocycles. The molecular formula is C9H9F3N2O2. The summed E-state index contributed by atoms with van der Waals surface area (Å²) in [7, 11) is 0. The molecule has 1 aromatic carbocycles. The van der Waals surface area contributed by atoms with Crippen molar-refractivity contribution in [1.82, 2.24) is 10.9 Å². The number of amides is 1. The van der Waals surface area contributed by atoms with Crippen molar-refractivity contribution in [3.05, 3.63) is 35.9 Å². The molecular weight excluding hydrogens is 225 g/mol. The van der Waals surface area contributed by atoms with E-state index in [1.165, 1.54) is 17.6 Å². The number of hydrazine groups is 1. The van der Waals surface area contributed by atoms with Crippen LogP contribution < -0.4 is 10.9 Å². The second kappa shape index (κ2) is 4.95. The number of carbonyl (C=O) groups excluding carboxylic acids is 1. The van der Waals surface area contributed by atoms with Gasteiger partial charge < -0.3 is 5.11 Å². The monoisotopic (exact) mass is 234 g/mol. The van der Waals surface area contributed by atoms with Crippen LogP contribution in [-0.4, -0.2) is 23.4 Å². The Morgan fingerprint density at radius 2 is 1.81 bits per heavy atom. The highest BCUT2D eigenvalue weighted by molar-refractivity contribution is 5.93. The third-order valence-corrected chi connectivity index (χ3v) is 1.67. The quantitative estimate of drug-likeness (QED) is 0.535. The van der Waals surface area contributed by atoms with E-state index in [1.807, 2.05) is 0 Å². The number of rotatable bonds is 3. The van der Waals surface area contributed by atoms with E-state index in [4.69, 9.17) is 5.11 Å². The number of benzene rings is 1. The first-order valence-electron chi connectivity index (χ1n) is 4.27. The van der Waals surface area contributed by atoms with Gasteiger partial charge in [-0.1, -0.05) is 18.2 Å². The van der Waals surface area contributed by atoms with Crippen LogP contribution in [0.3, 0.4) is 0 Å². The third-order valence-electron chi connectivity index (χ3n) is 1.67. The number of halogens is 3. The molecule has 1 amide bonds. The fraction of sp³-hybridized carbons (Fsp3) is 0.222. The maximum atomic E-state index is 11.8. The normalized spacial score (nSPS) is 13.2. The molecule has 0 saturated carbocycles. The number of hydrogen-bond donors (Lipinski definition) is 3. The van der Waals surface area contributed by atoms with E-state index in [9.17, 15) is 18.0 Å². The Kier molecular flexibility index (Phi) is 3.86. The van der Waals surface area contributed by atoms with E-state index >= 15 is 0 Å². The van der Waals surface area contributed by atoms with Crippen LogP contribution in [0.15, 0.2) is 30.3 Å². The third kappa shape index (κ3) is 3.52. The molecule has 0 spiro atoms. The summed E-state index contributed by atoms with van der Waals surface area (Å²) in [6.07, 6.45) is -7.62. The van der Waals surface area contributed by atoms with Gasteiger partial charge in [-0.05, 0) is 12.1 Å². The molecule has 0 fully saturated rings. The fourth-order valence-corrected chi connectivity index (χ4v) is 0.877. The maximum Gasteiger partial charge on any atom is 0.429 e.